The lowest BCUT2D eigenvalue weighted by Gasteiger charge is -2.11. The number of H-pyrrole nitrogens is 1. The molecule has 0 saturated carbocycles. The van der Waals surface area contributed by atoms with Gasteiger partial charge in [-0.15, -0.1) is 5.10 Å². The van der Waals surface area contributed by atoms with Crippen LogP contribution in [0.1, 0.15) is 0 Å². The highest BCUT2D eigenvalue weighted by Gasteiger charge is 2.16. The fourth-order valence-corrected chi connectivity index (χ4v) is 4.68. The van der Waals surface area contributed by atoms with Crippen LogP contribution in [0.25, 0.3) is 11.4 Å². The van der Waals surface area contributed by atoms with Crippen LogP contribution in [0.15, 0.2) is 58.6 Å². The molecule has 182 valence electrons. The summed E-state index contributed by atoms with van der Waals surface area (Å²) in [5.74, 6) is 1.12. The van der Waals surface area contributed by atoms with Gasteiger partial charge < -0.3 is 14.8 Å². The summed E-state index contributed by atoms with van der Waals surface area (Å²) in [4.78, 5) is 16.5. The first-order valence-corrected chi connectivity index (χ1v) is 13.0. The Balaban J connectivity index is 1.40. The molecular weight excluding hydrogens is 502 g/mol. The van der Waals surface area contributed by atoms with Crippen molar-refractivity contribution in [2.75, 3.05) is 39.2 Å². The number of nitrogens with zero attached hydrogens (tertiary/aromatic N) is 2. The van der Waals surface area contributed by atoms with Gasteiger partial charge >= 0.3 is 0 Å². The number of methoxy groups -OCH3 is 1. The maximum absolute atomic E-state index is 12.2. The molecule has 10 nitrogen and oxygen atoms in total. The Hall–Kier alpha value is -2.64. The summed E-state index contributed by atoms with van der Waals surface area (Å²) in [7, 11) is -2.24. The smallest absolute Gasteiger partial charge is 0.257 e. The summed E-state index contributed by atoms with van der Waals surface area (Å²) in [5.41, 5.74) is 0.943. The second-order valence-corrected chi connectivity index (χ2v) is 10.0. The molecule has 0 aliphatic heterocycles. The van der Waals surface area contributed by atoms with Gasteiger partial charge in [-0.1, -0.05) is 53.7 Å². The number of sulfonamides is 1. The van der Waals surface area contributed by atoms with Gasteiger partial charge in [0.2, 0.25) is 15.2 Å². The van der Waals surface area contributed by atoms with E-state index in [1.54, 1.807) is 0 Å². The first-order valence-electron chi connectivity index (χ1n) is 10.2. The summed E-state index contributed by atoms with van der Waals surface area (Å²) in [5, 5.41) is 10.5. The second-order valence-electron chi connectivity index (χ2n) is 6.80. The lowest BCUT2D eigenvalue weighted by atomic mass is 10.2. The van der Waals surface area contributed by atoms with Gasteiger partial charge in [-0.05, 0) is 18.2 Å². The highest BCUT2D eigenvalue weighted by Crippen LogP contribution is 2.27. The van der Waals surface area contributed by atoms with Crippen molar-refractivity contribution in [1.29, 1.82) is 0 Å². The van der Waals surface area contributed by atoms with Crippen molar-refractivity contribution in [3.63, 3.8) is 0 Å². The second kappa shape index (κ2) is 12.7. The molecule has 2 aromatic carbocycles. The van der Waals surface area contributed by atoms with Crippen LogP contribution in [-0.2, 0) is 19.6 Å². The minimum atomic E-state index is -3.72. The molecule has 0 atom stereocenters. The van der Waals surface area contributed by atoms with E-state index < -0.39 is 10.0 Å². The molecular formula is C21H24ClN5O5S2. The van der Waals surface area contributed by atoms with Crippen LogP contribution in [0.5, 0.6) is 5.75 Å². The predicted octanol–water partition coefficient (Wildman–Crippen LogP) is 2.34. The van der Waals surface area contributed by atoms with Crippen molar-refractivity contribution in [2.45, 2.75) is 10.1 Å². The molecule has 3 aromatic rings. The number of benzene rings is 2. The quantitative estimate of drug-likeness (QED) is 0.228. The van der Waals surface area contributed by atoms with Crippen LogP contribution in [-0.4, -0.2) is 68.7 Å². The lowest BCUT2D eigenvalue weighted by molar-refractivity contribution is -0.122. The molecule has 0 bridgehead atoms. The van der Waals surface area contributed by atoms with Gasteiger partial charge in [-0.3, -0.25) is 9.89 Å². The van der Waals surface area contributed by atoms with Crippen molar-refractivity contribution in [3.05, 3.63) is 53.6 Å². The molecule has 0 fully saturated rings. The fourth-order valence-electron chi connectivity index (χ4n) is 2.69. The number of hydrogen-bond acceptors (Lipinski definition) is 8. The van der Waals surface area contributed by atoms with Crippen LogP contribution in [0, 0.1) is 0 Å². The molecule has 13 heteroatoms. The zero-order valence-electron chi connectivity index (χ0n) is 18.3. The van der Waals surface area contributed by atoms with Crippen molar-refractivity contribution in [3.8, 4) is 17.1 Å². The number of halogens is 1. The number of hydrogen-bond donors (Lipinski definition) is 3. The van der Waals surface area contributed by atoms with E-state index >= 15 is 0 Å². The Labute approximate surface area is 206 Å². The first kappa shape index (κ1) is 26.0. The number of amides is 1. The molecule has 0 unspecified atom stereocenters. The Kier molecular flexibility index (Phi) is 9.72. The highest BCUT2D eigenvalue weighted by atomic mass is 35.5. The van der Waals surface area contributed by atoms with Crippen LogP contribution in [0.2, 0.25) is 5.02 Å². The average Bonchev–Trinajstić information content (AvgIpc) is 3.31. The lowest BCUT2D eigenvalue weighted by Crippen LogP contribution is -2.30. The van der Waals surface area contributed by atoms with Crippen molar-refractivity contribution in [2.24, 2.45) is 0 Å². The number of thioether (sulfide) groups is 1. The number of aromatic nitrogens is 3. The van der Waals surface area contributed by atoms with E-state index in [2.05, 4.69) is 25.2 Å². The molecule has 0 saturated heterocycles. The number of aromatic amines is 1. The Morgan fingerprint density at radius 2 is 1.97 bits per heavy atom. The summed E-state index contributed by atoms with van der Waals surface area (Å²) < 4.78 is 37.1. The molecule has 3 N–H and O–H groups in total. The zero-order chi connectivity index (χ0) is 24.4. The fraction of sp³-hybridized carbons (Fsp3) is 0.286. The van der Waals surface area contributed by atoms with Gasteiger partial charge in [0, 0.05) is 31.5 Å². The van der Waals surface area contributed by atoms with E-state index in [9.17, 15) is 13.2 Å². The summed E-state index contributed by atoms with van der Waals surface area (Å²) in [6.07, 6.45) is 0. The average molecular weight is 526 g/mol. The van der Waals surface area contributed by atoms with Gasteiger partial charge in [0.25, 0.3) is 5.91 Å². The maximum atomic E-state index is 12.2. The van der Waals surface area contributed by atoms with E-state index in [0.717, 1.165) is 5.56 Å². The summed E-state index contributed by atoms with van der Waals surface area (Å²) >= 11 is 7.53. The third-order valence-electron chi connectivity index (χ3n) is 4.34. The molecule has 0 aliphatic rings. The minimum absolute atomic E-state index is 0.00942. The standard InChI is InChI=1S/C21H24ClN5O5S2/c1-31-11-9-24-34(29,30)16-7-8-18(17(22)13-16)32-14-19(28)23-10-12-33-21-25-20(26-27-21)15-5-3-2-4-6-15/h2-8,13,24H,9-12,14H2,1H3,(H,23,28)(H,25,26,27). The SMILES string of the molecule is COCCNS(=O)(=O)c1ccc(OCC(=O)NCCSc2n[nH]c(-c3ccccc3)n2)c(Cl)c1. The molecule has 3 rings (SSSR count). The van der Waals surface area contributed by atoms with Gasteiger partial charge in [0.05, 0.1) is 16.5 Å². The first-order chi connectivity index (χ1) is 16.4. The maximum Gasteiger partial charge on any atom is 0.257 e. The Morgan fingerprint density at radius 1 is 1.18 bits per heavy atom. The van der Waals surface area contributed by atoms with Gasteiger partial charge in [0.15, 0.2) is 12.4 Å². The summed E-state index contributed by atoms with van der Waals surface area (Å²) in [6.45, 7) is 0.508. The topological polar surface area (TPSA) is 135 Å². The van der Waals surface area contributed by atoms with Crippen LogP contribution in [0.3, 0.4) is 0 Å². The van der Waals surface area contributed by atoms with E-state index in [4.69, 9.17) is 21.1 Å². The number of carbonyl (C=O) groups excluding carboxylic acids is 1. The van der Waals surface area contributed by atoms with Crippen molar-refractivity contribution in [1.82, 2.24) is 25.2 Å². The number of ether oxygens (including phenoxy) is 2. The van der Waals surface area contributed by atoms with E-state index in [1.807, 2.05) is 30.3 Å². The summed E-state index contributed by atoms with van der Waals surface area (Å²) in [6, 6.07) is 13.7. The van der Waals surface area contributed by atoms with Crippen molar-refractivity contribution >= 4 is 39.3 Å². The number of carbonyl (C=O) groups is 1. The molecule has 34 heavy (non-hydrogen) atoms. The molecule has 1 heterocycles. The van der Waals surface area contributed by atoms with Crippen LogP contribution in [0.4, 0.5) is 0 Å². The molecule has 1 amide bonds. The van der Waals surface area contributed by atoms with E-state index in [0.29, 0.717) is 23.3 Å². The third-order valence-corrected chi connectivity index (χ3v) is 6.94. The number of rotatable bonds is 13. The number of nitrogens with one attached hydrogen (secondary N) is 3. The van der Waals surface area contributed by atoms with Gasteiger partial charge in [-0.2, -0.15) is 0 Å². The van der Waals surface area contributed by atoms with E-state index in [1.165, 1.54) is 37.1 Å². The van der Waals surface area contributed by atoms with Crippen molar-refractivity contribution < 1.29 is 22.7 Å². The Morgan fingerprint density at radius 3 is 2.71 bits per heavy atom. The molecule has 0 spiro atoms. The predicted molar refractivity (Wildman–Crippen MR) is 130 cm³/mol. The zero-order valence-corrected chi connectivity index (χ0v) is 20.7. The monoisotopic (exact) mass is 525 g/mol. The van der Waals surface area contributed by atoms with Gasteiger partial charge in [0.1, 0.15) is 5.75 Å². The normalized spacial score (nSPS) is 11.4. The highest BCUT2D eigenvalue weighted by molar-refractivity contribution is 7.99. The van der Waals surface area contributed by atoms with E-state index in [-0.39, 0.29) is 41.3 Å². The minimum Gasteiger partial charge on any atom is -0.482 e. The van der Waals surface area contributed by atoms with Crippen LogP contribution >= 0.6 is 23.4 Å². The molecule has 0 aliphatic carbocycles. The molecule has 0 radical (unpaired) electrons. The van der Waals surface area contributed by atoms with Gasteiger partial charge in [-0.25, -0.2) is 18.1 Å². The Bertz CT molecular complexity index is 1190. The molecule has 1 aromatic heterocycles. The largest absolute Gasteiger partial charge is 0.482 e. The third kappa shape index (κ3) is 7.71. The van der Waals surface area contributed by atoms with Crippen LogP contribution < -0.4 is 14.8 Å².